The topological polar surface area (TPSA) is 61.2 Å². The molecule has 0 aliphatic rings. The van der Waals surface area contributed by atoms with E-state index in [4.69, 9.17) is 39.5 Å². The summed E-state index contributed by atoms with van der Waals surface area (Å²) >= 11 is 17.2. The van der Waals surface area contributed by atoms with Gasteiger partial charge < -0.3 is 4.74 Å². The van der Waals surface area contributed by atoms with Gasteiger partial charge in [-0.1, -0.05) is 11.6 Å². The molecule has 144 valence electrons. The lowest BCUT2D eigenvalue weighted by Crippen LogP contribution is -2.23. The molecule has 0 N–H and O–H groups in total. The first-order valence-electron chi connectivity index (χ1n) is 7.21. The fraction of sp³-hybridized carbons (Fsp3) is 0.188. The van der Waals surface area contributed by atoms with Crippen molar-refractivity contribution in [3.8, 4) is 5.69 Å². The Morgan fingerprint density at radius 2 is 1.96 bits per heavy atom. The highest BCUT2D eigenvalue weighted by Crippen LogP contribution is 2.28. The first-order chi connectivity index (χ1) is 12.6. The van der Waals surface area contributed by atoms with Crippen LogP contribution in [0.2, 0.25) is 10.3 Å². The minimum Gasteiger partial charge on any atom is -0.461 e. The molecule has 5 nitrogen and oxygen atoms in total. The molecule has 1 aromatic heterocycles. The van der Waals surface area contributed by atoms with Gasteiger partial charge >= 0.3 is 12.1 Å². The van der Waals surface area contributed by atoms with Crippen LogP contribution in [0.15, 0.2) is 35.1 Å². The van der Waals surface area contributed by atoms with E-state index in [1.807, 2.05) is 0 Å². The molecule has 11 heteroatoms. The Labute approximate surface area is 165 Å². The van der Waals surface area contributed by atoms with Gasteiger partial charge in [0.25, 0.3) is 5.56 Å². The lowest BCUT2D eigenvalue weighted by molar-refractivity contribution is -0.141. The summed E-state index contributed by atoms with van der Waals surface area (Å²) in [7, 11) is 0. The zero-order valence-corrected chi connectivity index (χ0v) is 15.5. The van der Waals surface area contributed by atoms with Crippen LogP contribution in [-0.2, 0) is 15.7 Å². The van der Waals surface area contributed by atoms with Crippen molar-refractivity contribution in [1.29, 1.82) is 0 Å². The zero-order valence-electron chi connectivity index (χ0n) is 13.3. The Hall–Kier alpha value is -2.03. The fourth-order valence-electron chi connectivity index (χ4n) is 1.98. The predicted molar refractivity (Wildman–Crippen MR) is 95.6 cm³/mol. The maximum atomic E-state index is 12.7. The van der Waals surface area contributed by atoms with Gasteiger partial charge in [0.2, 0.25) is 5.28 Å². The van der Waals surface area contributed by atoms with Crippen molar-refractivity contribution >= 4 is 46.8 Å². The van der Waals surface area contributed by atoms with Gasteiger partial charge in [0.05, 0.1) is 11.6 Å². The van der Waals surface area contributed by atoms with Gasteiger partial charge in [0.15, 0.2) is 5.69 Å². The van der Waals surface area contributed by atoms with Gasteiger partial charge in [-0.05, 0) is 41.4 Å². The molecular weight excluding hydrogens is 432 g/mol. The van der Waals surface area contributed by atoms with E-state index in [2.05, 4.69) is 4.98 Å². The zero-order chi connectivity index (χ0) is 20.2. The van der Waals surface area contributed by atoms with Crippen LogP contribution in [0.4, 0.5) is 13.2 Å². The summed E-state index contributed by atoms with van der Waals surface area (Å²) in [6, 6.07) is 4.45. The number of aromatic nitrogens is 2. The molecule has 0 aliphatic carbocycles. The third kappa shape index (κ3) is 5.47. The molecule has 1 aromatic carbocycles. The molecule has 0 spiro atoms. The predicted octanol–water partition coefficient (Wildman–Crippen LogP) is 4.35. The first kappa shape index (κ1) is 21.3. The maximum Gasteiger partial charge on any atom is 0.433 e. The van der Waals surface area contributed by atoms with E-state index in [9.17, 15) is 22.8 Å². The molecule has 0 bridgehead atoms. The van der Waals surface area contributed by atoms with Crippen LogP contribution in [-0.4, -0.2) is 28.0 Å². The van der Waals surface area contributed by atoms with Crippen molar-refractivity contribution in [2.24, 2.45) is 0 Å². The number of hydrogen-bond acceptors (Lipinski definition) is 4. The van der Waals surface area contributed by atoms with E-state index in [1.165, 1.54) is 24.3 Å². The number of benzene rings is 1. The summed E-state index contributed by atoms with van der Waals surface area (Å²) in [6.07, 6.45) is -2.40. The molecule has 2 rings (SSSR count). The van der Waals surface area contributed by atoms with Crippen molar-refractivity contribution < 1.29 is 22.7 Å². The minimum absolute atomic E-state index is 0.0285. The fourth-order valence-corrected chi connectivity index (χ4v) is 2.51. The largest absolute Gasteiger partial charge is 0.461 e. The standard InChI is InChI=1S/C16H10Cl3F3N2O3/c17-5-6-27-14(26)4-1-9-7-10(2-3-11(9)18)24-13(25)8-12(16(20,21)22)23-15(24)19/h1-4,7-8H,5-6H2. The highest BCUT2D eigenvalue weighted by molar-refractivity contribution is 6.32. The summed E-state index contributed by atoms with van der Waals surface area (Å²) in [4.78, 5) is 26.8. The normalized spacial score (nSPS) is 11.8. The molecule has 27 heavy (non-hydrogen) atoms. The van der Waals surface area contributed by atoms with Gasteiger partial charge in [0.1, 0.15) is 6.61 Å². The van der Waals surface area contributed by atoms with Crippen LogP contribution in [0.5, 0.6) is 0 Å². The Bertz CT molecular complexity index is 943. The first-order valence-corrected chi connectivity index (χ1v) is 8.50. The summed E-state index contributed by atoms with van der Waals surface area (Å²) in [6.45, 7) is 0.0285. The average molecular weight is 442 g/mol. The summed E-state index contributed by atoms with van der Waals surface area (Å²) < 4.78 is 43.7. The molecule has 2 aromatic rings. The number of rotatable bonds is 5. The number of carbonyl (C=O) groups excluding carboxylic acids is 1. The van der Waals surface area contributed by atoms with Crippen LogP contribution in [0.3, 0.4) is 0 Å². The number of esters is 1. The average Bonchev–Trinajstić information content (AvgIpc) is 2.58. The van der Waals surface area contributed by atoms with Gasteiger partial charge in [0, 0.05) is 17.2 Å². The van der Waals surface area contributed by atoms with Crippen molar-refractivity contribution in [2.75, 3.05) is 12.5 Å². The molecule has 0 unspecified atom stereocenters. The number of alkyl halides is 4. The summed E-state index contributed by atoms with van der Waals surface area (Å²) in [5.41, 5.74) is -2.00. The van der Waals surface area contributed by atoms with E-state index in [0.29, 0.717) is 11.6 Å². The Morgan fingerprint density at radius 1 is 1.26 bits per heavy atom. The number of nitrogens with zero attached hydrogens (tertiary/aromatic N) is 2. The van der Waals surface area contributed by atoms with Crippen molar-refractivity contribution in [1.82, 2.24) is 9.55 Å². The van der Waals surface area contributed by atoms with Crippen LogP contribution in [0.1, 0.15) is 11.3 Å². The number of halogens is 6. The molecule has 0 saturated carbocycles. The monoisotopic (exact) mass is 440 g/mol. The van der Waals surface area contributed by atoms with E-state index in [-0.39, 0.29) is 23.2 Å². The van der Waals surface area contributed by atoms with Gasteiger partial charge in [-0.25, -0.2) is 9.78 Å². The van der Waals surface area contributed by atoms with Gasteiger partial charge in [-0.15, -0.1) is 11.6 Å². The van der Waals surface area contributed by atoms with Crippen LogP contribution in [0, 0.1) is 0 Å². The minimum atomic E-state index is -4.81. The Morgan fingerprint density at radius 3 is 2.56 bits per heavy atom. The van der Waals surface area contributed by atoms with Crippen molar-refractivity contribution in [2.45, 2.75) is 6.18 Å². The van der Waals surface area contributed by atoms with Crippen molar-refractivity contribution in [3.63, 3.8) is 0 Å². The highest BCUT2D eigenvalue weighted by Gasteiger charge is 2.34. The molecule has 0 saturated heterocycles. The second-order valence-electron chi connectivity index (χ2n) is 4.98. The Balaban J connectivity index is 2.42. The lowest BCUT2D eigenvalue weighted by atomic mass is 10.2. The molecule has 0 fully saturated rings. The molecule has 0 amide bonds. The lowest BCUT2D eigenvalue weighted by Gasteiger charge is -2.12. The second kappa shape index (κ2) is 8.77. The number of carbonyl (C=O) groups is 1. The third-order valence-corrected chi connectivity index (χ3v) is 3.88. The summed E-state index contributed by atoms with van der Waals surface area (Å²) in [5, 5.41) is -0.446. The maximum absolute atomic E-state index is 12.7. The number of hydrogen-bond donors (Lipinski definition) is 0. The van der Waals surface area contributed by atoms with Gasteiger partial charge in [-0.3, -0.25) is 9.36 Å². The van der Waals surface area contributed by atoms with Crippen LogP contribution >= 0.6 is 34.8 Å². The smallest absolute Gasteiger partial charge is 0.433 e. The second-order valence-corrected chi connectivity index (χ2v) is 6.10. The van der Waals surface area contributed by atoms with E-state index < -0.39 is 28.7 Å². The molecule has 0 aliphatic heterocycles. The van der Waals surface area contributed by atoms with E-state index in [1.54, 1.807) is 0 Å². The molecule has 0 atom stereocenters. The SMILES string of the molecule is O=C(C=Cc1cc(-n2c(Cl)nc(C(F)(F)F)cc2=O)ccc1Cl)OCCCl. The van der Waals surface area contributed by atoms with E-state index in [0.717, 1.165) is 10.6 Å². The van der Waals surface area contributed by atoms with Crippen LogP contribution in [0.25, 0.3) is 11.8 Å². The van der Waals surface area contributed by atoms with Crippen LogP contribution < -0.4 is 5.56 Å². The quantitative estimate of drug-likeness (QED) is 0.299. The Kier molecular flexibility index (Phi) is 6.91. The van der Waals surface area contributed by atoms with Gasteiger partial charge in [-0.2, -0.15) is 13.2 Å². The van der Waals surface area contributed by atoms with Crippen molar-refractivity contribution in [3.05, 3.63) is 62.3 Å². The number of ether oxygens (including phenoxy) is 1. The molecular formula is C16H10Cl3F3N2O3. The molecule has 0 radical (unpaired) electrons. The summed E-state index contributed by atoms with van der Waals surface area (Å²) in [5.74, 6) is -0.526. The van der Waals surface area contributed by atoms with E-state index >= 15 is 0 Å². The molecule has 1 heterocycles. The highest BCUT2D eigenvalue weighted by atomic mass is 35.5. The third-order valence-electron chi connectivity index (χ3n) is 3.13.